The van der Waals surface area contributed by atoms with Gasteiger partial charge in [-0.05, 0) is 12.1 Å². The molecule has 2 aromatic rings. The lowest BCUT2D eigenvalue weighted by Crippen LogP contribution is -1.88. The van der Waals surface area contributed by atoms with Crippen LogP contribution in [0.5, 0.6) is 11.5 Å². The van der Waals surface area contributed by atoms with Crippen LogP contribution in [0.15, 0.2) is 16.9 Å². The predicted molar refractivity (Wildman–Crippen MR) is 45.7 cm³/mol. The Morgan fingerprint density at radius 3 is 2.50 bits per heavy atom. The minimum absolute atomic E-state index is 0.0650. The first-order valence-electron chi connectivity index (χ1n) is 3.59. The van der Waals surface area contributed by atoms with Crippen LogP contribution in [0.3, 0.4) is 0 Å². The fourth-order valence-electron chi connectivity index (χ4n) is 1.29. The van der Waals surface area contributed by atoms with Gasteiger partial charge in [0.25, 0.3) is 0 Å². The molecule has 0 saturated heterocycles. The lowest BCUT2D eigenvalue weighted by molar-refractivity contribution is 0.359. The molecule has 2 rings (SSSR count). The number of methoxy groups -OCH3 is 2. The molecule has 0 saturated carbocycles. The van der Waals surface area contributed by atoms with Crippen LogP contribution in [0.2, 0.25) is 0 Å². The molecule has 3 heteroatoms. The Balaban J connectivity index is 2.69. The highest BCUT2D eigenvalue weighted by Gasteiger charge is 2.20. The van der Waals surface area contributed by atoms with E-state index in [0.29, 0.717) is 16.9 Å². The quantitative estimate of drug-likeness (QED) is 0.666. The maximum absolute atomic E-state index is 11.1. The maximum Gasteiger partial charge on any atom is 0.198 e. The monoisotopic (exact) mass is 164 g/mol. The van der Waals surface area contributed by atoms with E-state index in [0.717, 1.165) is 5.39 Å². The van der Waals surface area contributed by atoms with Crippen molar-refractivity contribution >= 4 is 10.8 Å². The molecule has 0 aliphatic carbocycles. The van der Waals surface area contributed by atoms with Crippen molar-refractivity contribution in [1.29, 1.82) is 0 Å². The third kappa shape index (κ3) is 0.733. The average molecular weight is 164 g/mol. The summed E-state index contributed by atoms with van der Waals surface area (Å²) < 4.78 is 10.1. The highest BCUT2D eigenvalue weighted by molar-refractivity contribution is 6.03. The fourth-order valence-corrected chi connectivity index (χ4v) is 1.29. The van der Waals surface area contributed by atoms with Crippen LogP contribution < -0.4 is 14.9 Å². The van der Waals surface area contributed by atoms with E-state index in [-0.39, 0.29) is 5.43 Å². The zero-order chi connectivity index (χ0) is 8.72. The van der Waals surface area contributed by atoms with Crippen molar-refractivity contribution in [3.05, 3.63) is 22.4 Å². The van der Waals surface area contributed by atoms with E-state index < -0.39 is 0 Å². The van der Waals surface area contributed by atoms with Gasteiger partial charge in [-0.3, -0.25) is 4.79 Å². The summed E-state index contributed by atoms with van der Waals surface area (Å²) in [5, 5.41) is 1.41. The third-order valence-electron chi connectivity index (χ3n) is 1.95. The lowest BCUT2D eigenvalue weighted by Gasteiger charge is -2.03. The molecule has 3 nitrogen and oxygen atoms in total. The lowest BCUT2D eigenvalue weighted by atomic mass is 10.3. The first kappa shape index (κ1) is 7.16. The number of ether oxygens (including phenoxy) is 2. The molecule has 0 atom stereocenters. The van der Waals surface area contributed by atoms with Gasteiger partial charge in [-0.25, -0.2) is 0 Å². The van der Waals surface area contributed by atoms with Gasteiger partial charge in [-0.2, -0.15) is 0 Å². The van der Waals surface area contributed by atoms with Gasteiger partial charge in [-0.15, -0.1) is 0 Å². The number of hydrogen-bond donors (Lipinski definition) is 0. The summed E-state index contributed by atoms with van der Waals surface area (Å²) in [6, 6.07) is 3.49. The van der Waals surface area contributed by atoms with Crippen LogP contribution in [-0.2, 0) is 0 Å². The molecule has 0 radical (unpaired) electrons. The van der Waals surface area contributed by atoms with Crippen molar-refractivity contribution < 1.29 is 9.47 Å². The van der Waals surface area contributed by atoms with E-state index in [1.54, 1.807) is 19.2 Å². The molecule has 0 amide bonds. The van der Waals surface area contributed by atoms with Crippen LogP contribution >= 0.6 is 0 Å². The number of benzene rings is 1. The van der Waals surface area contributed by atoms with Crippen molar-refractivity contribution in [3.8, 4) is 11.5 Å². The summed E-state index contributed by atoms with van der Waals surface area (Å²) in [4.78, 5) is 11.1. The molecule has 0 aliphatic rings. The first-order valence-corrected chi connectivity index (χ1v) is 3.59. The average Bonchev–Trinajstić information content (AvgIpc) is 2.76. The molecular weight excluding hydrogens is 156 g/mol. The second-order valence-electron chi connectivity index (χ2n) is 2.55. The van der Waals surface area contributed by atoms with E-state index in [4.69, 9.17) is 9.47 Å². The molecule has 0 N–H and O–H groups in total. The molecular formula is C9H8O3. The third-order valence-corrected chi connectivity index (χ3v) is 1.95. The second kappa shape index (κ2) is 2.24. The summed E-state index contributed by atoms with van der Waals surface area (Å²) in [6.45, 7) is 0. The molecule has 0 bridgehead atoms. The molecule has 0 aromatic heterocycles. The van der Waals surface area contributed by atoms with Gasteiger partial charge < -0.3 is 9.47 Å². The summed E-state index contributed by atoms with van der Waals surface area (Å²) in [7, 11) is 3.08. The van der Waals surface area contributed by atoms with Gasteiger partial charge in [0, 0.05) is 5.39 Å². The van der Waals surface area contributed by atoms with Gasteiger partial charge in [-0.1, -0.05) is 0 Å². The minimum Gasteiger partial charge on any atom is -0.493 e. The van der Waals surface area contributed by atoms with E-state index >= 15 is 0 Å². The summed E-state index contributed by atoms with van der Waals surface area (Å²) in [5.41, 5.74) is 0.0650. The Labute approximate surface area is 69.2 Å². The summed E-state index contributed by atoms with van der Waals surface area (Å²) in [5.74, 6) is 1.17. The zero-order valence-corrected chi connectivity index (χ0v) is 6.88. The number of hydrogen-bond acceptors (Lipinski definition) is 3. The van der Waals surface area contributed by atoms with Gasteiger partial charge in [0.1, 0.15) is 0 Å². The minimum atomic E-state index is 0.0650. The smallest absolute Gasteiger partial charge is 0.198 e. The van der Waals surface area contributed by atoms with E-state index in [1.807, 2.05) is 0 Å². The highest BCUT2D eigenvalue weighted by atomic mass is 16.5. The van der Waals surface area contributed by atoms with Crippen LogP contribution in [-0.4, -0.2) is 14.2 Å². The molecule has 62 valence electrons. The zero-order valence-electron chi connectivity index (χ0n) is 6.88. The van der Waals surface area contributed by atoms with Crippen molar-refractivity contribution in [2.45, 2.75) is 0 Å². The molecule has 2 aromatic carbocycles. The number of rotatable bonds is 2. The van der Waals surface area contributed by atoms with Gasteiger partial charge in [0.05, 0.1) is 19.6 Å². The van der Waals surface area contributed by atoms with Crippen LogP contribution in [0.25, 0.3) is 10.8 Å². The van der Waals surface area contributed by atoms with Crippen LogP contribution in [0, 0.1) is 0 Å². The Morgan fingerprint density at radius 2 is 1.92 bits per heavy atom. The fraction of sp³-hybridized carbons (Fsp3) is 0.222. The largest absolute Gasteiger partial charge is 0.493 e. The van der Waals surface area contributed by atoms with Crippen molar-refractivity contribution in [2.75, 3.05) is 14.2 Å². The highest BCUT2D eigenvalue weighted by Crippen LogP contribution is 2.36. The molecule has 0 aliphatic heterocycles. The summed E-state index contributed by atoms with van der Waals surface area (Å²) >= 11 is 0. The van der Waals surface area contributed by atoms with Gasteiger partial charge in [0.2, 0.25) is 0 Å². The van der Waals surface area contributed by atoms with E-state index in [9.17, 15) is 4.79 Å². The Hall–Kier alpha value is -1.51. The maximum atomic E-state index is 11.1. The van der Waals surface area contributed by atoms with Crippen molar-refractivity contribution in [1.82, 2.24) is 0 Å². The molecule has 0 heterocycles. The second-order valence-corrected chi connectivity index (χ2v) is 2.55. The Bertz CT molecular complexity index is 435. The molecule has 0 fully saturated rings. The molecule has 0 unspecified atom stereocenters. The number of fused-ring (bicyclic) bond motifs is 1. The Morgan fingerprint density at radius 1 is 1.17 bits per heavy atom. The Kier molecular flexibility index (Phi) is 1.33. The topological polar surface area (TPSA) is 35.5 Å². The first-order chi connectivity index (χ1) is 5.79. The standard InChI is InChI=1S/C9H8O3/c1-11-6-4-3-5-7(8(5)10)9(6)12-2/h3-4H,1-2H3. The van der Waals surface area contributed by atoms with Crippen molar-refractivity contribution in [3.63, 3.8) is 0 Å². The van der Waals surface area contributed by atoms with E-state index in [2.05, 4.69) is 0 Å². The summed E-state index contributed by atoms with van der Waals surface area (Å²) in [6.07, 6.45) is 0. The van der Waals surface area contributed by atoms with Crippen LogP contribution in [0.1, 0.15) is 0 Å². The van der Waals surface area contributed by atoms with Gasteiger partial charge >= 0.3 is 0 Å². The molecule has 0 spiro atoms. The predicted octanol–water partition coefficient (Wildman–Crippen LogP) is 1.09. The van der Waals surface area contributed by atoms with Crippen LogP contribution in [0.4, 0.5) is 0 Å². The SMILES string of the molecule is COc1ccc2c(=O)c2c1OC. The van der Waals surface area contributed by atoms with Gasteiger partial charge in [0.15, 0.2) is 16.9 Å². The van der Waals surface area contributed by atoms with Crippen molar-refractivity contribution in [2.24, 2.45) is 0 Å². The van der Waals surface area contributed by atoms with E-state index in [1.165, 1.54) is 7.11 Å². The molecule has 12 heavy (non-hydrogen) atoms. The normalized spacial score (nSPS) is 10.8.